The molecule has 2 fully saturated rings. The van der Waals surface area contributed by atoms with Crippen molar-refractivity contribution in [3.8, 4) is 0 Å². The minimum absolute atomic E-state index is 0.335. The fourth-order valence-electron chi connectivity index (χ4n) is 3.37. The SMILES string of the molecule is O=C(O)N1CCC2(CC1)CCN(c1ccccc1)C2. The number of hydrogen-bond donors (Lipinski definition) is 1. The molecule has 2 saturated heterocycles. The molecular weight excluding hydrogens is 240 g/mol. The quantitative estimate of drug-likeness (QED) is 0.844. The Bertz CT molecular complexity index is 452. The minimum atomic E-state index is -0.771. The van der Waals surface area contributed by atoms with Gasteiger partial charge >= 0.3 is 6.09 Å². The van der Waals surface area contributed by atoms with E-state index in [1.165, 1.54) is 12.1 Å². The van der Waals surface area contributed by atoms with Crippen molar-refractivity contribution in [2.75, 3.05) is 31.1 Å². The summed E-state index contributed by atoms with van der Waals surface area (Å²) in [5.74, 6) is 0. The molecule has 0 bridgehead atoms. The van der Waals surface area contributed by atoms with Crippen LogP contribution in [0, 0.1) is 5.41 Å². The van der Waals surface area contributed by atoms with E-state index in [0.29, 0.717) is 18.5 Å². The number of para-hydroxylation sites is 1. The van der Waals surface area contributed by atoms with Crippen molar-refractivity contribution in [1.82, 2.24) is 4.90 Å². The summed E-state index contributed by atoms with van der Waals surface area (Å²) >= 11 is 0. The number of hydrogen-bond acceptors (Lipinski definition) is 2. The Hall–Kier alpha value is -1.71. The third-order valence-electron chi connectivity index (χ3n) is 4.65. The summed E-state index contributed by atoms with van der Waals surface area (Å²) in [4.78, 5) is 15.0. The molecule has 1 spiro atoms. The molecular formula is C15H20N2O2. The summed E-state index contributed by atoms with van der Waals surface area (Å²) in [6.07, 6.45) is 2.42. The fourth-order valence-corrected chi connectivity index (χ4v) is 3.37. The first kappa shape index (κ1) is 12.3. The van der Waals surface area contributed by atoms with Crippen LogP contribution >= 0.6 is 0 Å². The molecule has 0 aromatic heterocycles. The Labute approximate surface area is 113 Å². The van der Waals surface area contributed by atoms with Crippen molar-refractivity contribution in [3.63, 3.8) is 0 Å². The van der Waals surface area contributed by atoms with Crippen LogP contribution in [0.1, 0.15) is 19.3 Å². The van der Waals surface area contributed by atoms with Crippen LogP contribution < -0.4 is 4.90 Å². The van der Waals surface area contributed by atoms with E-state index in [1.807, 2.05) is 6.07 Å². The van der Waals surface area contributed by atoms with Gasteiger partial charge in [0.15, 0.2) is 0 Å². The Morgan fingerprint density at radius 3 is 2.32 bits per heavy atom. The van der Waals surface area contributed by atoms with Crippen molar-refractivity contribution in [2.45, 2.75) is 19.3 Å². The predicted octanol–water partition coefficient (Wildman–Crippen LogP) is 2.66. The first-order valence-corrected chi connectivity index (χ1v) is 6.96. The molecule has 2 aliphatic rings. The number of rotatable bonds is 1. The molecule has 1 aromatic rings. The van der Waals surface area contributed by atoms with Gasteiger partial charge in [-0.25, -0.2) is 4.79 Å². The maximum Gasteiger partial charge on any atom is 0.407 e. The Morgan fingerprint density at radius 2 is 1.68 bits per heavy atom. The van der Waals surface area contributed by atoms with Gasteiger partial charge in [-0.15, -0.1) is 0 Å². The van der Waals surface area contributed by atoms with E-state index < -0.39 is 6.09 Å². The van der Waals surface area contributed by atoms with Crippen LogP contribution in [0.5, 0.6) is 0 Å². The largest absolute Gasteiger partial charge is 0.465 e. The zero-order valence-electron chi connectivity index (χ0n) is 11.1. The van der Waals surface area contributed by atoms with Gasteiger partial charge in [-0.3, -0.25) is 0 Å². The van der Waals surface area contributed by atoms with E-state index >= 15 is 0 Å². The van der Waals surface area contributed by atoms with Crippen LogP contribution in [0.3, 0.4) is 0 Å². The van der Waals surface area contributed by atoms with Gasteiger partial charge in [-0.05, 0) is 36.8 Å². The highest BCUT2D eigenvalue weighted by Crippen LogP contribution is 2.41. The summed E-state index contributed by atoms with van der Waals surface area (Å²) in [5.41, 5.74) is 1.63. The lowest BCUT2D eigenvalue weighted by molar-refractivity contribution is 0.0986. The second kappa shape index (κ2) is 4.76. The second-order valence-electron chi connectivity index (χ2n) is 5.78. The van der Waals surface area contributed by atoms with Gasteiger partial charge in [0.25, 0.3) is 0 Å². The Balaban J connectivity index is 1.65. The molecule has 1 amide bonds. The van der Waals surface area contributed by atoms with E-state index in [2.05, 4.69) is 29.2 Å². The summed E-state index contributed by atoms with van der Waals surface area (Å²) in [6, 6.07) is 10.5. The molecule has 1 aromatic carbocycles. The van der Waals surface area contributed by atoms with Gasteiger partial charge in [0, 0.05) is 31.9 Å². The molecule has 0 aliphatic carbocycles. The average molecular weight is 260 g/mol. The Morgan fingerprint density at radius 1 is 1.05 bits per heavy atom. The number of likely N-dealkylation sites (tertiary alicyclic amines) is 1. The van der Waals surface area contributed by atoms with Crippen molar-refractivity contribution in [1.29, 1.82) is 0 Å². The molecule has 3 rings (SSSR count). The van der Waals surface area contributed by atoms with Crippen molar-refractivity contribution in [2.24, 2.45) is 5.41 Å². The zero-order valence-corrected chi connectivity index (χ0v) is 11.1. The first-order chi connectivity index (χ1) is 9.19. The molecule has 1 N–H and O–H groups in total. The van der Waals surface area contributed by atoms with E-state index in [-0.39, 0.29) is 0 Å². The van der Waals surface area contributed by atoms with Gasteiger partial charge in [-0.1, -0.05) is 18.2 Å². The maximum absolute atomic E-state index is 11.0. The highest BCUT2D eigenvalue weighted by Gasteiger charge is 2.41. The van der Waals surface area contributed by atoms with E-state index in [4.69, 9.17) is 5.11 Å². The van der Waals surface area contributed by atoms with Gasteiger partial charge in [0.1, 0.15) is 0 Å². The molecule has 102 valence electrons. The number of nitrogens with zero attached hydrogens (tertiary/aromatic N) is 2. The summed E-state index contributed by atoms with van der Waals surface area (Å²) in [7, 11) is 0. The number of anilines is 1. The normalized spacial score (nSPS) is 21.9. The van der Waals surface area contributed by atoms with E-state index in [9.17, 15) is 4.79 Å². The lowest BCUT2D eigenvalue weighted by atomic mass is 9.78. The monoisotopic (exact) mass is 260 g/mol. The molecule has 19 heavy (non-hydrogen) atoms. The molecule has 0 radical (unpaired) electrons. The number of piperidine rings is 1. The smallest absolute Gasteiger partial charge is 0.407 e. The summed E-state index contributed by atoms with van der Waals surface area (Å²) < 4.78 is 0. The van der Waals surface area contributed by atoms with Gasteiger partial charge in [-0.2, -0.15) is 0 Å². The number of benzene rings is 1. The fraction of sp³-hybridized carbons (Fsp3) is 0.533. The predicted molar refractivity (Wildman–Crippen MR) is 74.5 cm³/mol. The molecule has 4 heteroatoms. The number of carboxylic acid groups (broad SMARTS) is 1. The molecule has 2 aliphatic heterocycles. The van der Waals surface area contributed by atoms with Crippen LogP contribution in [0.15, 0.2) is 30.3 Å². The van der Waals surface area contributed by atoms with Crippen LogP contribution in [0.4, 0.5) is 10.5 Å². The first-order valence-electron chi connectivity index (χ1n) is 6.96. The zero-order chi connectivity index (χ0) is 13.3. The minimum Gasteiger partial charge on any atom is -0.465 e. The topological polar surface area (TPSA) is 43.8 Å². The average Bonchev–Trinajstić information content (AvgIpc) is 2.84. The van der Waals surface area contributed by atoms with Crippen LogP contribution in [-0.4, -0.2) is 42.3 Å². The summed E-state index contributed by atoms with van der Waals surface area (Å²) in [5, 5.41) is 9.01. The lowest BCUT2D eigenvalue weighted by Gasteiger charge is -2.38. The standard InChI is InChI=1S/C15H20N2O2/c18-14(19)16-9-6-15(7-10-16)8-11-17(12-15)13-4-2-1-3-5-13/h1-5H,6-12H2,(H,18,19). The third-order valence-corrected chi connectivity index (χ3v) is 4.65. The molecule has 4 nitrogen and oxygen atoms in total. The Kier molecular flexibility index (Phi) is 3.09. The van der Waals surface area contributed by atoms with Crippen molar-refractivity contribution < 1.29 is 9.90 Å². The van der Waals surface area contributed by atoms with Crippen LogP contribution in [-0.2, 0) is 0 Å². The maximum atomic E-state index is 11.0. The molecule has 0 atom stereocenters. The van der Waals surface area contributed by atoms with Crippen LogP contribution in [0.2, 0.25) is 0 Å². The van der Waals surface area contributed by atoms with E-state index in [1.54, 1.807) is 4.90 Å². The van der Waals surface area contributed by atoms with Gasteiger partial charge in [0.05, 0.1) is 0 Å². The highest BCUT2D eigenvalue weighted by molar-refractivity contribution is 5.65. The molecule has 0 unspecified atom stereocenters. The van der Waals surface area contributed by atoms with Crippen molar-refractivity contribution in [3.05, 3.63) is 30.3 Å². The summed E-state index contributed by atoms with van der Waals surface area (Å²) in [6.45, 7) is 3.55. The van der Waals surface area contributed by atoms with Gasteiger partial charge in [0.2, 0.25) is 0 Å². The number of amides is 1. The van der Waals surface area contributed by atoms with Crippen molar-refractivity contribution >= 4 is 11.8 Å². The highest BCUT2D eigenvalue weighted by atomic mass is 16.4. The molecule has 0 saturated carbocycles. The lowest BCUT2D eigenvalue weighted by Crippen LogP contribution is -2.43. The number of carbonyl (C=O) groups is 1. The molecule has 2 heterocycles. The second-order valence-corrected chi connectivity index (χ2v) is 5.78. The van der Waals surface area contributed by atoms with E-state index in [0.717, 1.165) is 25.9 Å². The van der Waals surface area contributed by atoms with Crippen LogP contribution in [0.25, 0.3) is 0 Å². The third kappa shape index (κ3) is 2.39. The van der Waals surface area contributed by atoms with Gasteiger partial charge < -0.3 is 14.9 Å².